The number of hydrogen-bond acceptors (Lipinski definition) is 3. The van der Waals surface area contributed by atoms with Gasteiger partial charge in [-0.15, -0.1) is 0 Å². The third kappa shape index (κ3) is 3.50. The monoisotopic (exact) mass is 317 g/mol. The number of aromatic nitrogens is 2. The predicted octanol–water partition coefficient (Wildman–Crippen LogP) is 3.18. The molecular weight excluding hydrogens is 298 g/mol. The number of hydrogen-bond donors (Lipinski definition) is 0. The first-order valence-corrected chi connectivity index (χ1v) is 8.03. The molecule has 0 spiro atoms. The van der Waals surface area contributed by atoms with Gasteiger partial charge in [0.15, 0.2) is 0 Å². The fraction of sp³-hybridized carbons (Fsp3) is 0.412. The van der Waals surface area contributed by atoms with Crippen molar-refractivity contribution >= 4 is 17.3 Å². The summed E-state index contributed by atoms with van der Waals surface area (Å²) in [4.78, 5) is 14.4. The molecule has 0 N–H and O–H groups in total. The van der Waals surface area contributed by atoms with Gasteiger partial charge in [-0.3, -0.25) is 4.79 Å². The van der Waals surface area contributed by atoms with E-state index in [2.05, 4.69) is 5.10 Å². The zero-order chi connectivity index (χ0) is 15.5. The molecule has 1 fully saturated rings. The Morgan fingerprint density at radius 2 is 2.05 bits per heavy atom. The lowest BCUT2D eigenvalue weighted by atomic mass is 10.2. The highest BCUT2D eigenvalue weighted by Gasteiger charge is 2.22. The summed E-state index contributed by atoms with van der Waals surface area (Å²) in [5.74, 6) is 0.854. The van der Waals surface area contributed by atoms with E-state index in [9.17, 15) is 4.79 Å². The first kappa shape index (κ1) is 15.1. The first-order chi connectivity index (χ1) is 10.6. The number of benzene rings is 1. The highest BCUT2D eigenvalue weighted by molar-refractivity contribution is 6.33. The fourth-order valence-corrected chi connectivity index (χ4v) is 2.79. The summed E-state index contributed by atoms with van der Waals surface area (Å²) < 4.78 is 1.41. The van der Waals surface area contributed by atoms with Gasteiger partial charge in [0, 0.05) is 13.6 Å². The molecule has 1 saturated carbocycles. The van der Waals surface area contributed by atoms with Gasteiger partial charge in [-0.25, -0.2) is 4.68 Å². The maximum Gasteiger partial charge on any atom is 0.287 e. The lowest BCUT2D eigenvalue weighted by Crippen LogP contribution is -2.28. The second-order valence-corrected chi connectivity index (χ2v) is 6.32. The minimum Gasteiger partial charge on any atom is -0.372 e. The zero-order valence-electron chi connectivity index (χ0n) is 12.7. The minimum atomic E-state index is -0.235. The van der Waals surface area contributed by atoms with Crippen LogP contribution in [-0.4, -0.2) is 23.4 Å². The molecule has 0 unspecified atom stereocenters. The van der Waals surface area contributed by atoms with Crippen molar-refractivity contribution in [3.8, 4) is 0 Å². The Morgan fingerprint density at radius 3 is 2.73 bits per heavy atom. The van der Waals surface area contributed by atoms with Crippen molar-refractivity contribution in [3.63, 3.8) is 0 Å². The molecule has 0 atom stereocenters. The molecule has 1 aromatic carbocycles. The van der Waals surface area contributed by atoms with E-state index in [-0.39, 0.29) is 10.6 Å². The number of rotatable bonds is 6. The Kier molecular flexibility index (Phi) is 4.48. The Bertz CT molecular complexity index is 695. The number of nitrogens with zero attached hydrogens (tertiary/aromatic N) is 3. The molecule has 1 aliphatic rings. The van der Waals surface area contributed by atoms with Gasteiger partial charge < -0.3 is 4.90 Å². The summed E-state index contributed by atoms with van der Waals surface area (Å²) in [6.07, 6.45) is 5.51. The summed E-state index contributed by atoms with van der Waals surface area (Å²) in [5, 5.41) is 4.53. The predicted molar refractivity (Wildman–Crippen MR) is 89.7 cm³/mol. The first-order valence-electron chi connectivity index (χ1n) is 7.66. The van der Waals surface area contributed by atoms with E-state index in [0.717, 1.165) is 30.1 Å². The average molecular weight is 318 g/mol. The molecule has 1 aliphatic carbocycles. The van der Waals surface area contributed by atoms with Gasteiger partial charge in [-0.05, 0) is 17.9 Å². The molecule has 22 heavy (non-hydrogen) atoms. The topological polar surface area (TPSA) is 38.1 Å². The molecule has 0 saturated heterocycles. The highest BCUT2D eigenvalue weighted by Crippen LogP contribution is 2.33. The number of halogens is 1. The normalized spacial score (nSPS) is 14.1. The summed E-state index contributed by atoms with van der Waals surface area (Å²) >= 11 is 6.28. The quantitative estimate of drug-likeness (QED) is 0.821. The molecular formula is C17H20ClN3O. The van der Waals surface area contributed by atoms with E-state index in [1.54, 1.807) is 6.20 Å². The molecule has 4 nitrogen and oxygen atoms in total. The van der Waals surface area contributed by atoms with Gasteiger partial charge in [0.25, 0.3) is 5.56 Å². The van der Waals surface area contributed by atoms with E-state index in [1.165, 1.54) is 17.5 Å². The molecule has 5 heteroatoms. The molecule has 0 aliphatic heterocycles. The summed E-state index contributed by atoms with van der Waals surface area (Å²) in [6.45, 7) is 1.35. The lowest BCUT2D eigenvalue weighted by molar-refractivity contribution is 0.635. The third-order valence-corrected chi connectivity index (χ3v) is 4.48. The van der Waals surface area contributed by atoms with Gasteiger partial charge in [-0.2, -0.15) is 5.10 Å². The minimum absolute atomic E-state index is 0.235. The van der Waals surface area contributed by atoms with Gasteiger partial charge >= 0.3 is 0 Å². The Balaban J connectivity index is 1.77. The van der Waals surface area contributed by atoms with E-state index in [1.807, 2.05) is 42.3 Å². The van der Waals surface area contributed by atoms with Crippen molar-refractivity contribution < 1.29 is 0 Å². The second kappa shape index (κ2) is 6.53. The maximum atomic E-state index is 12.4. The van der Waals surface area contributed by atoms with Gasteiger partial charge in [0.2, 0.25) is 0 Å². The maximum absolute atomic E-state index is 12.4. The van der Waals surface area contributed by atoms with Crippen LogP contribution in [0.15, 0.2) is 41.3 Å². The van der Waals surface area contributed by atoms with E-state index in [4.69, 9.17) is 11.6 Å². The van der Waals surface area contributed by atoms with Crippen molar-refractivity contribution in [3.05, 3.63) is 57.5 Å². The molecule has 0 amide bonds. The van der Waals surface area contributed by atoms with Crippen molar-refractivity contribution in [2.45, 2.75) is 25.8 Å². The standard InChI is InChI=1S/C17H20ClN3O/c1-20(10-9-13-7-8-13)15-11-19-21(17(22)16(15)18)12-14-5-3-2-4-6-14/h2-6,11,13H,7-10,12H2,1H3. The molecule has 3 rings (SSSR count). The van der Waals surface area contributed by atoms with Crippen molar-refractivity contribution in [1.82, 2.24) is 9.78 Å². The molecule has 2 aromatic rings. The SMILES string of the molecule is CN(CCC1CC1)c1cnn(Cc2ccccc2)c(=O)c1Cl. The van der Waals surface area contributed by atoms with Crippen molar-refractivity contribution in [1.29, 1.82) is 0 Å². The van der Waals surface area contributed by atoms with Crippen LogP contribution in [0.25, 0.3) is 0 Å². The van der Waals surface area contributed by atoms with Crippen LogP contribution in [0, 0.1) is 5.92 Å². The van der Waals surface area contributed by atoms with Crippen LogP contribution in [0.4, 0.5) is 5.69 Å². The molecule has 116 valence electrons. The van der Waals surface area contributed by atoms with Crippen LogP contribution >= 0.6 is 11.6 Å². The second-order valence-electron chi connectivity index (χ2n) is 5.95. The summed E-state index contributed by atoms with van der Waals surface area (Å²) in [5.41, 5.74) is 1.51. The van der Waals surface area contributed by atoms with E-state index < -0.39 is 0 Å². The number of anilines is 1. The van der Waals surface area contributed by atoms with Crippen LogP contribution < -0.4 is 10.5 Å². The molecule has 1 heterocycles. The van der Waals surface area contributed by atoms with Crippen LogP contribution in [0.1, 0.15) is 24.8 Å². The Hall–Kier alpha value is -1.81. The molecule has 0 radical (unpaired) electrons. The van der Waals surface area contributed by atoms with Gasteiger partial charge in [-0.1, -0.05) is 54.8 Å². The third-order valence-electron chi connectivity index (χ3n) is 4.12. The zero-order valence-corrected chi connectivity index (χ0v) is 13.5. The molecule has 0 bridgehead atoms. The van der Waals surface area contributed by atoms with E-state index >= 15 is 0 Å². The Morgan fingerprint density at radius 1 is 1.32 bits per heavy atom. The van der Waals surface area contributed by atoms with Gasteiger partial charge in [0.05, 0.1) is 18.4 Å². The van der Waals surface area contributed by atoms with Crippen molar-refractivity contribution in [2.24, 2.45) is 5.92 Å². The van der Waals surface area contributed by atoms with Crippen LogP contribution in [0.5, 0.6) is 0 Å². The summed E-state index contributed by atoms with van der Waals surface area (Å²) in [7, 11) is 1.96. The fourth-order valence-electron chi connectivity index (χ4n) is 2.49. The van der Waals surface area contributed by atoms with Crippen molar-refractivity contribution in [2.75, 3.05) is 18.5 Å². The average Bonchev–Trinajstić information content (AvgIpc) is 3.35. The van der Waals surface area contributed by atoms with Gasteiger partial charge in [0.1, 0.15) is 5.02 Å². The lowest BCUT2D eigenvalue weighted by Gasteiger charge is -2.20. The van der Waals surface area contributed by atoms with Crippen LogP contribution in [0.2, 0.25) is 5.02 Å². The molecule has 1 aromatic heterocycles. The Labute approximate surface area is 135 Å². The largest absolute Gasteiger partial charge is 0.372 e. The summed E-state index contributed by atoms with van der Waals surface area (Å²) in [6, 6.07) is 9.78. The van der Waals surface area contributed by atoms with Crippen LogP contribution in [-0.2, 0) is 6.54 Å². The van der Waals surface area contributed by atoms with Crippen LogP contribution in [0.3, 0.4) is 0 Å². The smallest absolute Gasteiger partial charge is 0.287 e. The van der Waals surface area contributed by atoms with E-state index in [0.29, 0.717) is 6.54 Å². The highest BCUT2D eigenvalue weighted by atomic mass is 35.5.